The summed E-state index contributed by atoms with van der Waals surface area (Å²) in [5, 5.41) is 4.33. The maximum absolute atomic E-state index is 12.2. The first kappa shape index (κ1) is 18.7. The minimum atomic E-state index is -4.05. The van der Waals surface area contributed by atoms with Crippen LogP contribution in [0, 0.1) is 0 Å². The van der Waals surface area contributed by atoms with E-state index in [9.17, 15) is 18.0 Å². The van der Waals surface area contributed by atoms with E-state index < -0.39 is 33.6 Å². The first-order valence-electron chi connectivity index (χ1n) is 7.30. The molecule has 0 saturated carbocycles. The fraction of sp³-hybridized carbons (Fsp3) is 0.250. The summed E-state index contributed by atoms with van der Waals surface area (Å²) in [4.78, 5) is 25.4. The Hall–Kier alpha value is -2.65. The summed E-state index contributed by atoms with van der Waals surface area (Å²) < 4.78 is 31.9. The predicted octanol–water partition coefficient (Wildman–Crippen LogP) is 1.30. The zero-order chi connectivity index (χ0) is 18.6. The second-order valence-corrected chi connectivity index (χ2v) is 6.82. The molecule has 1 heterocycles. The molecule has 1 amide bonds. The minimum absolute atomic E-state index is 0.204. The number of nitrogens with zero attached hydrogens (tertiary/aromatic N) is 1. The molecular formula is C16H18N2O6S. The van der Waals surface area contributed by atoms with E-state index in [4.69, 9.17) is 14.3 Å². The lowest BCUT2D eigenvalue weighted by Gasteiger charge is -2.25. The van der Waals surface area contributed by atoms with Crippen molar-refractivity contribution in [1.82, 2.24) is 4.90 Å². The number of hydrogen-bond acceptors (Lipinski definition) is 6. The number of likely N-dealkylation sites (N-methyl/N-ethyl adjacent to an activating group) is 1. The summed E-state index contributed by atoms with van der Waals surface area (Å²) in [7, 11) is -2.45. The van der Waals surface area contributed by atoms with Crippen molar-refractivity contribution in [2.45, 2.75) is 18.1 Å². The molecule has 2 N–H and O–H groups in total. The third-order valence-electron chi connectivity index (χ3n) is 3.65. The van der Waals surface area contributed by atoms with Crippen LogP contribution in [0.1, 0.15) is 29.1 Å². The zero-order valence-electron chi connectivity index (χ0n) is 13.7. The molecule has 1 aromatic carbocycles. The monoisotopic (exact) mass is 366 g/mol. The van der Waals surface area contributed by atoms with Crippen LogP contribution in [0.25, 0.3) is 0 Å². The lowest BCUT2D eigenvalue weighted by Crippen LogP contribution is -2.33. The molecular weight excluding hydrogens is 348 g/mol. The predicted molar refractivity (Wildman–Crippen MR) is 88.0 cm³/mol. The number of primary sulfonamides is 1. The largest absolute Gasteiger partial charge is 0.450 e. The van der Waals surface area contributed by atoms with Crippen LogP contribution in [0.3, 0.4) is 0 Å². The van der Waals surface area contributed by atoms with Gasteiger partial charge in [-0.1, -0.05) is 30.3 Å². The van der Waals surface area contributed by atoms with Crippen LogP contribution in [0.5, 0.6) is 0 Å². The number of amides is 1. The van der Waals surface area contributed by atoms with Crippen LogP contribution >= 0.6 is 0 Å². The van der Waals surface area contributed by atoms with Gasteiger partial charge in [0.2, 0.25) is 10.9 Å². The molecule has 0 aliphatic heterocycles. The molecule has 0 aliphatic rings. The van der Waals surface area contributed by atoms with Crippen molar-refractivity contribution in [3.05, 3.63) is 53.8 Å². The van der Waals surface area contributed by atoms with E-state index in [1.807, 2.05) is 37.3 Å². The minimum Gasteiger partial charge on any atom is -0.450 e. The molecule has 1 unspecified atom stereocenters. The van der Waals surface area contributed by atoms with Gasteiger partial charge in [-0.25, -0.2) is 18.4 Å². The average Bonchev–Trinajstić information content (AvgIpc) is 3.09. The summed E-state index contributed by atoms with van der Waals surface area (Å²) in [5.74, 6) is -1.72. The molecule has 2 rings (SSSR count). The van der Waals surface area contributed by atoms with Gasteiger partial charge >= 0.3 is 5.97 Å². The summed E-state index contributed by atoms with van der Waals surface area (Å²) in [6.45, 7) is 1.35. The van der Waals surface area contributed by atoms with Gasteiger partial charge in [-0.05, 0) is 24.6 Å². The van der Waals surface area contributed by atoms with Crippen LogP contribution in [0.4, 0.5) is 0 Å². The Bertz CT molecular complexity index is 860. The number of nitrogens with two attached hydrogens (primary N) is 1. The van der Waals surface area contributed by atoms with Crippen molar-refractivity contribution in [1.29, 1.82) is 0 Å². The lowest BCUT2D eigenvalue weighted by atomic mass is 10.1. The fourth-order valence-corrected chi connectivity index (χ4v) is 2.52. The Morgan fingerprint density at radius 2 is 1.84 bits per heavy atom. The number of sulfonamides is 1. The van der Waals surface area contributed by atoms with Crippen LogP contribution < -0.4 is 5.14 Å². The number of furan rings is 1. The van der Waals surface area contributed by atoms with Gasteiger partial charge in [0.1, 0.15) is 0 Å². The van der Waals surface area contributed by atoms with E-state index in [0.29, 0.717) is 0 Å². The van der Waals surface area contributed by atoms with E-state index in [1.54, 1.807) is 7.05 Å². The SMILES string of the molecule is CC(c1ccccc1)N(C)C(=O)COC(=O)c1ccc(S(N)(=O)=O)o1. The first-order valence-corrected chi connectivity index (χ1v) is 8.85. The smallest absolute Gasteiger partial charge is 0.374 e. The summed E-state index contributed by atoms with van der Waals surface area (Å²) in [6.07, 6.45) is 0. The molecule has 9 heteroatoms. The topological polar surface area (TPSA) is 120 Å². The Kier molecular flexibility index (Phi) is 5.60. The second kappa shape index (κ2) is 7.49. The molecule has 0 fully saturated rings. The van der Waals surface area contributed by atoms with E-state index in [1.165, 1.54) is 4.90 Å². The third kappa shape index (κ3) is 4.68. The molecule has 2 aromatic rings. The highest BCUT2D eigenvalue weighted by atomic mass is 32.2. The van der Waals surface area contributed by atoms with Gasteiger partial charge < -0.3 is 14.1 Å². The van der Waals surface area contributed by atoms with Crippen LogP contribution in [-0.2, 0) is 19.6 Å². The summed E-state index contributed by atoms with van der Waals surface area (Å²) in [5.41, 5.74) is 0.938. The molecule has 0 aliphatic carbocycles. The van der Waals surface area contributed by atoms with Gasteiger partial charge in [0, 0.05) is 7.05 Å². The van der Waals surface area contributed by atoms with Gasteiger partial charge in [-0.15, -0.1) is 0 Å². The molecule has 1 aromatic heterocycles. The molecule has 0 bridgehead atoms. The number of hydrogen-bond donors (Lipinski definition) is 1. The van der Waals surface area contributed by atoms with Crippen molar-refractivity contribution in [2.75, 3.05) is 13.7 Å². The van der Waals surface area contributed by atoms with Crippen molar-refractivity contribution < 1.29 is 27.2 Å². The third-order valence-corrected chi connectivity index (χ3v) is 4.43. The molecule has 134 valence electrons. The number of esters is 1. The highest BCUT2D eigenvalue weighted by Gasteiger charge is 2.22. The second-order valence-electron chi connectivity index (χ2n) is 5.33. The molecule has 25 heavy (non-hydrogen) atoms. The Labute approximate surface area is 145 Å². The summed E-state index contributed by atoms with van der Waals surface area (Å²) >= 11 is 0. The molecule has 0 spiro atoms. The number of carbonyl (C=O) groups is 2. The maximum atomic E-state index is 12.2. The van der Waals surface area contributed by atoms with E-state index in [-0.39, 0.29) is 11.8 Å². The average molecular weight is 366 g/mol. The molecule has 8 nitrogen and oxygen atoms in total. The molecule has 1 atom stereocenters. The number of rotatable bonds is 6. The van der Waals surface area contributed by atoms with Crippen molar-refractivity contribution in [3.8, 4) is 0 Å². The zero-order valence-corrected chi connectivity index (χ0v) is 14.5. The van der Waals surface area contributed by atoms with Crippen LogP contribution in [0.15, 0.2) is 52.0 Å². The van der Waals surface area contributed by atoms with Gasteiger partial charge in [0.15, 0.2) is 6.61 Å². The van der Waals surface area contributed by atoms with Gasteiger partial charge in [0.05, 0.1) is 6.04 Å². The fourth-order valence-electron chi connectivity index (χ4n) is 2.05. The Morgan fingerprint density at radius 3 is 2.40 bits per heavy atom. The highest BCUT2D eigenvalue weighted by molar-refractivity contribution is 7.89. The lowest BCUT2D eigenvalue weighted by molar-refractivity contribution is -0.135. The Balaban J connectivity index is 1.95. The highest BCUT2D eigenvalue weighted by Crippen LogP contribution is 2.18. The summed E-state index contributed by atoms with van der Waals surface area (Å²) in [6, 6.07) is 11.3. The number of ether oxygens (including phenoxy) is 1. The quantitative estimate of drug-likeness (QED) is 0.770. The van der Waals surface area contributed by atoms with Gasteiger partial charge in [0.25, 0.3) is 15.9 Å². The molecule has 0 radical (unpaired) electrons. The van der Waals surface area contributed by atoms with Crippen molar-refractivity contribution >= 4 is 21.9 Å². The van der Waals surface area contributed by atoms with Gasteiger partial charge in [-0.3, -0.25) is 4.79 Å². The Morgan fingerprint density at radius 1 is 1.20 bits per heavy atom. The number of carbonyl (C=O) groups excluding carboxylic acids is 2. The van der Waals surface area contributed by atoms with Crippen LogP contribution in [0.2, 0.25) is 0 Å². The normalized spacial score (nSPS) is 12.4. The van der Waals surface area contributed by atoms with E-state index in [0.717, 1.165) is 17.7 Å². The van der Waals surface area contributed by atoms with Crippen molar-refractivity contribution in [3.63, 3.8) is 0 Å². The van der Waals surface area contributed by atoms with Crippen LogP contribution in [-0.4, -0.2) is 38.8 Å². The van der Waals surface area contributed by atoms with Crippen molar-refractivity contribution in [2.24, 2.45) is 5.14 Å². The first-order chi connectivity index (χ1) is 11.7. The number of benzene rings is 1. The molecule has 0 saturated heterocycles. The standard InChI is InChI=1S/C16H18N2O6S/c1-11(12-6-4-3-5-7-12)18(2)14(19)10-23-16(20)13-8-9-15(24-13)25(17,21)22/h3-9,11H,10H2,1-2H3,(H2,17,21,22). The van der Waals surface area contributed by atoms with E-state index >= 15 is 0 Å². The van der Waals surface area contributed by atoms with E-state index in [2.05, 4.69) is 0 Å². The maximum Gasteiger partial charge on any atom is 0.374 e. The van der Waals surface area contributed by atoms with Gasteiger partial charge in [-0.2, -0.15) is 0 Å².